The summed E-state index contributed by atoms with van der Waals surface area (Å²) >= 11 is 0. The number of aromatic nitrogens is 2. The largest absolute Gasteiger partial charge is 0.372 e. The molecule has 0 aromatic carbocycles. The summed E-state index contributed by atoms with van der Waals surface area (Å²) in [6.45, 7) is 7.02. The van der Waals surface area contributed by atoms with Gasteiger partial charge in [0.15, 0.2) is 0 Å². The normalized spacial score (nSPS) is 25.1. The van der Waals surface area contributed by atoms with Crippen LogP contribution in [-0.4, -0.2) is 35.1 Å². The average Bonchev–Trinajstić information content (AvgIpc) is 2.86. The van der Waals surface area contributed by atoms with Crippen molar-refractivity contribution in [3.05, 3.63) is 18.0 Å². The van der Waals surface area contributed by atoms with E-state index in [1.54, 1.807) is 0 Å². The smallest absolute Gasteiger partial charge is 0.0776 e. The molecule has 1 aromatic heterocycles. The fourth-order valence-corrected chi connectivity index (χ4v) is 2.14. The molecule has 1 N–H and O–H groups in total. The first kappa shape index (κ1) is 11.6. The second kappa shape index (κ2) is 5.46. The summed E-state index contributed by atoms with van der Waals surface area (Å²) in [5, 5.41) is 7.71. The highest BCUT2D eigenvalue weighted by molar-refractivity contribution is 4.95. The van der Waals surface area contributed by atoms with Crippen LogP contribution in [-0.2, 0) is 11.3 Å². The minimum Gasteiger partial charge on any atom is -0.372 e. The number of rotatable bonds is 5. The molecule has 1 saturated heterocycles. The maximum absolute atomic E-state index is 5.95. The topological polar surface area (TPSA) is 39.1 Å². The van der Waals surface area contributed by atoms with Crippen LogP contribution in [0.4, 0.5) is 0 Å². The third-order valence-electron chi connectivity index (χ3n) is 2.98. The molecule has 2 atom stereocenters. The summed E-state index contributed by atoms with van der Waals surface area (Å²) in [6.07, 6.45) is 5.06. The standard InChI is InChI=1S/C12H21N3O/c1-3-13-8-11-4-5-12(16-11)9-15-7-6-10(2)14-15/h6-7,11-13H,3-5,8-9H2,1-2H3. The van der Waals surface area contributed by atoms with Gasteiger partial charge in [-0.2, -0.15) is 5.10 Å². The van der Waals surface area contributed by atoms with Gasteiger partial charge in [0.2, 0.25) is 0 Å². The van der Waals surface area contributed by atoms with E-state index in [1.165, 1.54) is 0 Å². The van der Waals surface area contributed by atoms with Crippen LogP contribution in [0, 0.1) is 6.92 Å². The number of nitrogens with zero attached hydrogens (tertiary/aromatic N) is 2. The quantitative estimate of drug-likeness (QED) is 0.819. The highest BCUT2D eigenvalue weighted by Crippen LogP contribution is 2.20. The van der Waals surface area contributed by atoms with Crippen LogP contribution in [0.3, 0.4) is 0 Å². The molecular weight excluding hydrogens is 202 g/mol. The average molecular weight is 223 g/mol. The molecule has 1 aliphatic heterocycles. The summed E-state index contributed by atoms with van der Waals surface area (Å²) in [4.78, 5) is 0. The first-order valence-corrected chi connectivity index (χ1v) is 6.14. The van der Waals surface area contributed by atoms with Crippen molar-refractivity contribution >= 4 is 0 Å². The summed E-state index contributed by atoms with van der Waals surface area (Å²) in [6, 6.07) is 2.03. The molecule has 2 unspecified atom stereocenters. The van der Waals surface area contributed by atoms with Crippen molar-refractivity contribution in [2.75, 3.05) is 13.1 Å². The lowest BCUT2D eigenvalue weighted by Crippen LogP contribution is -2.27. The van der Waals surface area contributed by atoms with Crippen molar-refractivity contribution in [3.63, 3.8) is 0 Å². The molecule has 1 aliphatic rings. The molecule has 4 heteroatoms. The third-order valence-corrected chi connectivity index (χ3v) is 2.98. The summed E-state index contributed by atoms with van der Waals surface area (Å²) in [5.41, 5.74) is 1.07. The Balaban J connectivity index is 1.76. The predicted molar refractivity (Wildman–Crippen MR) is 63.4 cm³/mol. The molecule has 4 nitrogen and oxygen atoms in total. The lowest BCUT2D eigenvalue weighted by Gasteiger charge is -2.13. The van der Waals surface area contributed by atoms with Crippen molar-refractivity contribution in [1.82, 2.24) is 15.1 Å². The molecule has 0 aliphatic carbocycles. The van der Waals surface area contributed by atoms with E-state index in [0.717, 1.165) is 38.2 Å². The van der Waals surface area contributed by atoms with Gasteiger partial charge < -0.3 is 10.1 Å². The van der Waals surface area contributed by atoms with Crippen molar-refractivity contribution in [2.45, 2.75) is 45.4 Å². The van der Waals surface area contributed by atoms with Crippen LogP contribution >= 0.6 is 0 Å². The second-order valence-corrected chi connectivity index (χ2v) is 4.44. The first-order valence-electron chi connectivity index (χ1n) is 6.14. The Morgan fingerprint density at radius 3 is 3.00 bits per heavy atom. The number of aryl methyl sites for hydroxylation is 1. The minimum absolute atomic E-state index is 0.336. The summed E-state index contributed by atoms with van der Waals surface area (Å²) in [5.74, 6) is 0. The Bertz CT molecular complexity index is 324. The van der Waals surface area contributed by atoms with E-state index in [2.05, 4.69) is 17.3 Å². The highest BCUT2D eigenvalue weighted by Gasteiger charge is 2.25. The monoisotopic (exact) mass is 223 g/mol. The van der Waals surface area contributed by atoms with Gasteiger partial charge >= 0.3 is 0 Å². The number of hydrogen-bond acceptors (Lipinski definition) is 3. The van der Waals surface area contributed by atoms with Gasteiger partial charge in [0.1, 0.15) is 0 Å². The zero-order valence-corrected chi connectivity index (χ0v) is 10.1. The van der Waals surface area contributed by atoms with Crippen LogP contribution < -0.4 is 5.32 Å². The van der Waals surface area contributed by atoms with E-state index < -0.39 is 0 Å². The van der Waals surface area contributed by atoms with Crippen molar-refractivity contribution in [1.29, 1.82) is 0 Å². The lowest BCUT2D eigenvalue weighted by atomic mass is 10.2. The molecule has 1 aromatic rings. The Hall–Kier alpha value is -0.870. The zero-order valence-electron chi connectivity index (χ0n) is 10.1. The summed E-state index contributed by atoms with van der Waals surface area (Å²) < 4.78 is 7.94. The molecule has 16 heavy (non-hydrogen) atoms. The van der Waals surface area contributed by atoms with Gasteiger partial charge in [-0.05, 0) is 32.4 Å². The van der Waals surface area contributed by atoms with Crippen molar-refractivity contribution < 1.29 is 4.74 Å². The van der Waals surface area contributed by atoms with E-state index in [1.807, 2.05) is 23.9 Å². The van der Waals surface area contributed by atoms with Gasteiger partial charge in [0.25, 0.3) is 0 Å². The minimum atomic E-state index is 0.336. The second-order valence-electron chi connectivity index (χ2n) is 4.44. The predicted octanol–water partition coefficient (Wildman–Crippen LogP) is 1.35. The Morgan fingerprint density at radius 1 is 1.50 bits per heavy atom. The SMILES string of the molecule is CCNCC1CCC(Cn2ccc(C)n2)O1. The van der Waals surface area contributed by atoms with Gasteiger partial charge in [-0.15, -0.1) is 0 Å². The fourth-order valence-electron chi connectivity index (χ4n) is 2.14. The van der Waals surface area contributed by atoms with E-state index in [0.29, 0.717) is 12.2 Å². The Kier molecular flexibility index (Phi) is 3.96. The van der Waals surface area contributed by atoms with E-state index >= 15 is 0 Å². The number of hydrogen-bond donors (Lipinski definition) is 1. The highest BCUT2D eigenvalue weighted by atomic mass is 16.5. The van der Waals surface area contributed by atoms with E-state index in [4.69, 9.17) is 4.74 Å². The van der Waals surface area contributed by atoms with Gasteiger partial charge in [0, 0.05) is 12.7 Å². The molecule has 2 heterocycles. The fraction of sp³-hybridized carbons (Fsp3) is 0.750. The molecule has 0 amide bonds. The molecule has 1 fully saturated rings. The van der Waals surface area contributed by atoms with E-state index in [9.17, 15) is 0 Å². The molecule has 0 saturated carbocycles. The maximum atomic E-state index is 5.95. The summed E-state index contributed by atoms with van der Waals surface area (Å²) in [7, 11) is 0. The van der Waals surface area contributed by atoms with Gasteiger partial charge in [-0.25, -0.2) is 0 Å². The number of ether oxygens (including phenoxy) is 1. The molecule has 0 radical (unpaired) electrons. The molecular formula is C12H21N3O. The Morgan fingerprint density at radius 2 is 2.31 bits per heavy atom. The lowest BCUT2D eigenvalue weighted by molar-refractivity contribution is 0.0344. The van der Waals surface area contributed by atoms with E-state index in [-0.39, 0.29) is 0 Å². The van der Waals surface area contributed by atoms with Gasteiger partial charge in [-0.3, -0.25) is 4.68 Å². The van der Waals surface area contributed by atoms with Crippen LogP contribution in [0.2, 0.25) is 0 Å². The third kappa shape index (κ3) is 3.06. The van der Waals surface area contributed by atoms with Crippen LogP contribution in [0.15, 0.2) is 12.3 Å². The van der Waals surface area contributed by atoms with Crippen LogP contribution in [0.5, 0.6) is 0 Å². The van der Waals surface area contributed by atoms with Crippen LogP contribution in [0.25, 0.3) is 0 Å². The maximum Gasteiger partial charge on any atom is 0.0776 e. The molecule has 2 rings (SSSR count). The van der Waals surface area contributed by atoms with Crippen molar-refractivity contribution in [3.8, 4) is 0 Å². The zero-order chi connectivity index (χ0) is 11.4. The number of likely N-dealkylation sites (N-methyl/N-ethyl adjacent to an activating group) is 1. The van der Waals surface area contributed by atoms with Gasteiger partial charge in [0.05, 0.1) is 24.4 Å². The number of nitrogens with one attached hydrogen (secondary N) is 1. The van der Waals surface area contributed by atoms with Gasteiger partial charge in [-0.1, -0.05) is 6.92 Å². The Labute approximate surface area is 97.0 Å². The van der Waals surface area contributed by atoms with Crippen molar-refractivity contribution in [2.24, 2.45) is 0 Å². The van der Waals surface area contributed by atoms with Crippen LogP contribution in [0.1, 0.15) is 25.5 Å². The molecule has 0 bridgehead atoms. The molecule has 0 spiro atoms. The first-order chi connectivity index (χ1) is 7.78. The molecule has 90 valence electrons.